The van der Waals surface area contributed by atoms with Crippen LogP contribution in [0, 0.1) is 5.41 Å². The van der Waals surface area contributed by atoms with Crippen molar-refractivity contribution in [3.63, 3.8) is 0 Å². The van der Waals surface area contributed by atoms with Gasteiger partial charge in [-0.25, -0.2) is 0 Å². The Bertz CT molecular complexity index is 401. The monoisotopic (exact) mass is 298 g/mol. The van der Waals surface area contributed by atoms with E-state index in [-0.39, 0.29) is 42.1 Å². The van der Waals surface area contributed by atoms with E-state index in [0.717, 1.165) is 0 Å². The summed E-state index contributed by atoms with van der Waals surface area (Å²) in [6.45, 7) is 7.51. The van der Waals surface area contributed by atoms with Crippen molar-refractivity contribution < 1.29 is 19.1 Å². The summed E-state index contributed by atoms with van der Waals surface area (Å²) in [6.07, 6.45) is 1.34. The molecule has 0 aliphatic carbocycles. The second kappa shape index (κ2) is 7.43. The van der Waals surface area contributed by atoms with Crippen molar-refractivity contribution in [1.82, 2.24) is 10.2 Å². The fourth-order valence-electron chi connectivity index (χ4n) is 2.39. The molecule has 1 atom stereocenters. The topological polar surface area (TPSA) is 75.7 Å². The zero-order valence-electron chi connectivity index (χ0n) is 13.4. The number of hydrogen-bond donors (Lipinski definition) is 1. The number of amides is 2. The molecule has 0 aromatic rings. The fraction of sp³-hybridized carbons (Fsp3) is 0.800. The van der Waals surface area contributed by atoms with Crippen LogP contribution in [0.5, 0.6) is 0 Å². The highest BCUT2D eigenvalue weighted by atomic mass is 16.5. The normalized spacial score (nSPS) is 18.8. The first-order chi connectivity index (χ1) is 9.71. The predicted octanol–water partition coefficient (Wildman–Crippen LogP) is 1.09. The minimum absolute atomic E-state index is 0.0507. The van der Waals surface area contributed by atoms with Gasteiger partial charge in [-0.3, -0.25) is 14.4 Å². The Morgan fingerprint density at radius 2 is 2.00 bits per heavy atom. The van der Waals surface area contributed by atoms with Crippen LogP contribution in [0.4, 0.5) is 0 Å². The third-order valence-electron chi connectivity index (χ3n) is 3.26. The first-order valence-electron chi connectivity index (χ1n) is 7.35. The van der Waals surface area contributed by atoms with Gasteiger partial charge in [-0.05, 0) is 11.8 Å². The summed E-state index contributed by atoms with van der Waals surface area (Å²) in [4.78, 5) is 36.4. The Balaban J connectivity index is 2.31. The maximum Gasteiger partial charge on any atom is 0.305 e. The van der Waals surface area contributed by atoms with Gasteiger partial charge in [-0.2, -0.15) is 0 Å². The van der Waals surface area contributed by atoms with Gasteiger partial charge in [0.25, 0.3) is 0 Å². The summed E-state index contributed by atoms with van der Waals surface area (Å²) in [7, 11) is 1.33. The van der Waals surface area contributed by atoms with Crippen LogP contribution in [0.2, 0.25) is 0 Å². The summed E-state index contributed by atoms with van der Waals surface area (Å²) in [5.41, 5.74) is 0.0507. The van der Waals surface area contributed by atoms with Crippen LogP contribution in [-0.4, -0.2) is 48.9 Å². The van der Waals surface area contributed by atoms with Gasteiger partial charge < -0.3 is 15.0 Å². The van der Waals surface area contributed by atoms with Crippen molar-refractivity contribution in [3.05, 3.63) is 0 Å². The number of ether oxygens (including phenoxy) is 1. The molecule has 21 heavy (non-hydrogen) atoms. The van der Waals surface area contributed by atoms with Crippen LogP contribution in [0.1, 0.15) is 46.5 Å². The molecule has 2 amide bonds. The number of esters is 1. The van der Waals surface area contributed by atoms with Crippen molar-refractivity contribution in [2.24, 2.45) is 5.41 Å². The van der Waals surface area contributed by atoms with E-state index in [2.05, 4.69) is 30.8 Å². The Labute approximate surface area is 126 Å². The summed E-state index contributed by atoms with van der Waals surface area (Å²) in [5, 5.41) is 2.86. The van der Waals surface area contributed by atoms with Gasteiger partial charge in [0.05, 0.1) is 13.2 Å². The minimum Gasteiger partial charge on any atom is -0.469 e. The smallest absolute Gasteiger partial charge is 0.305 e. The highest BCUT2D eigenvalue weighted by Crippen LogP contribution is 2.20. The van der Waals surface area contributed by atoms with Crippen LogP contribution in [0.25, 0.3) is 0 Å². The number of carbonyl (C=O) groups excluding carboxylic acids is 3. The molecule has 1 aliphatic rings. The van der Waals surface area contributed by atoms with Crippen LogP contribution in [-0.2, 0) is 19.1 Å². The predicted molar refractivity (Wildman–Crippen MR) is 78.4 cm³/mol. The van der Waals surface area contributed by atoms with E-state index in [9.17, 15) is 14.4 Å². The summed E-state index contributed by atoms with van der Waals surface area (Å²) in [5.74, 6) is -0.339. The molecule has 6 nitrogen and oxygen atoms in total. The molecular formula is C15H26N2O4. The van der Waals surface area contributed by atoms with Gasteiger partial charge in [0.1, 0.15) is 0 Å². The van der Waals surface area contributed by atoms with E-state index >= 15 is 0 Å². The Hall–Kier alpha value is -1.59. The molecule has 0 spiro atoms. The highest BCUT2D eigenvalue weighted by Gasteiger charge is 2.32. The average molecular weight is 298 g/mol. The summed E-state index contributed by atoms with van der Waals surface area (Å²) >= 11 is 0. The number of nitrogens with one attached hydrogen (secondary N) is 1. The first kappa shape index (κ1) is 17.5. The van der Waals surface area contributed by atoms with Gasteiger partial charge in [0.15, 0.2) is 0 Å². The zero-order valence-corrected chi connectivity index (χ0v) is 13.4. The lowest BCUT2D eigenvalue weighted by molar-refractivity contribution is -0.140. The molecule has 6 heteroatoms. The molecule has 120 valence electrons. The van der Waals surface area contributed by atoms with E-state index in [1.807, 2.05) is 0 Å². The molecule has 1 rings (SSSR count). The SMILES string of the molecule is COC(=O)CCCC(=O)N[C@H]1CC(=O)N(CC(C)(C)C)C1. The van der Waals surface area contributed by atoms with Crippen LogP contribution < -0.4 is 5.32 Å². The number of carbonyl (C=O) groups is 3. The number of hydrogen-bond acceptors (Lipinski definition) is 4. The number of likely N-dealkylation sites (tertiary alicyclic amines) is 1. The summed E-state index contributed by atoms with van der Waals surface area (Å²) in [6, 6.07) is -0.120. The number of rotatable bonds is 6. The molecule has 1 heterocycles. The molecule has 0 aromatic carbocycles. The lowest BCUT2D eigenvalue weighted by atomic mass is 9.96. The quantitative estimate of drug-likeness (QED) is 0.745. The van der Waals surface area contributed by atoms with Crippen LogP contribution in [0.15, 0.2) is 0 Å². The van der Waals surface area contributed by atoms with Crippen molar-refractivity contribution in [1.29, 1.82) is 0 Å². The second-order valence-electron chi connectivity index (χ2n) is 6.73. The average Bonchev–Trinajstić information content (AvgIpc) is 2.66. The van der Waals surface area contributed by atoms with Gasteiger partial charge in [0.2, 0.25) is 11.8 Å². The first-order valence-corrected chi connectivity index (χ1v) is 7.35. The van der Waals surface area contributed by atoms with E-state index in [4.69, 9.17) is 0 Å². The Kier molecular flexibility index (Phi) is 6.18. The number of nitrogens with zero attached hydrogens (tertiary/aromatic N) is 1. The van der Waals surface area contributed by atoms with Crippen molar-refractivity contribution in [3.8, 4) is 0 Å². The molecule has 0 bridgehead atoms. The van der Waals surface area contributed by atoms with Crippen molar-refractivity contribution in [2.75, 3.05) is 20.2 Å². The largest absolute Gasteiger partial charge is 0.469 e. The highest BCUT2D eigenvalue weighted by molar-refractivity contribution is 5.82. The van der Waals surface area contributed by atoms with Crippen LogP contribution >= 0.6 is 0 Å². The second-order valence-corrected chi connectivity index (χ2v) is 6.73. The van der Waals surface area contributed by atoms with Gasteiger partial charge >= 0.3 is 5.97 Å². The minimum atomic E-state index is -0.310. The molecular weight excluding hydrogens is 272 g/mol. The maximum atomic E-state index is 11.9. The van der Waals surface area contributed by atoms with Crippen molar-refractivity contribution in [2.45, 2.75) is 52.5 Å². The van der Waals surface area contributed by atoms with E-state index in [1.54, 1.807) is 4.90 Å². The van der Waals surface area contributed by atoms with E-state index < -0.39 is 0 Å². The molecule has 0 radical (unpaired) electrons. The maximum absolute atomic E-state index is 11.9. The summed E-state index contributed by atoms with van der Waals surface area (Å²) < 4.78 is 4.52. The number of methoxy groups -OCH3 is 1. The third-order valence-corrected chi connectivity index (χ3v) is 3.26. The lowest BCUT2D eigenvalue weighted by Crippen LogP contribution is -2.39. The fourth-order valence-corrected chi connectivity index (χ4v) is 2.39. The van der Waals surface area contributed by atoms with Crippen molar-refractivity contribution >= 4 is 17.8 Å². The third kappa shape index (κ3) is 6.60. The standard InChI is InChI=1S/C15H26N2O4/c1-15(2,3)10-17-9-11(8-13(17)19)16-12(18)6-5-7-14(20)21-4/h11H,5-10H2,1-4H3,(H,16,18)/t11-/m0/s1. The molecule has 1 fully saturated rings. The molecule has 1 aliphatic heterocycles. The van der Waals surface area contributed by atoms with Crippen LogP contribution in [0.3, 0.4) is 0 Å². The zero-order chi connectivity index (χ0) is 16.0. The Morgan fingerprint density at radius 3 is 2.57 bits per heavy atom. The molecule has 0 saturated carbocycles. The van der Waals surface area contributed by atoms with E-state index in [1.165, 1.54) is 7.11 Å². The Morgan fingerprint density at radius 1 is 1.33 bits per heavy atom. The van der Waals surface area contributed by atoms with Gasteiger partial charge in [0, 0.05) is 32.4 Å². The van der Waals surface area contributed by atoms with E-state index in [0.29, 0.717) is 25.9 Å². The molecule has 1 N–H and O–H groups in total. The van der Waals surface area contributed by atoms with Gasteiger partial charge in [-0.15, -0.1) is 0 Å². The van der Waals surface area contributed by atoms with Gasteiger partial charge in [-0.1, -0.05) is 20.8 Å². The molecule has 0 unspecified atom stereocenters. The molecule has 1 saturated heterocycles. The molecule has 0 aromatic heterocycles. The lowest BCUT2D eigenvalue weighted by Gasteiger charge is -2.26.